The zero-order valence-electron chi connectivity index (χ0n) is 15.9. The molecule has 1 aromatic heterocycles. The van der Waals surface area contributed by atoms with Gasteiger partial charge in [-0.15, -0.1) is 0 Å². The van der Waals surface area contributed by atoms with Gasteiger partial charge in [-0.2, -0.15) is 18.3 Å². The van der Waals surface area contributed by atoms with E-state index >= 15 is 0 Å². The predicted octanol–water partition coefficient (Wildman–Crippen LogP) is 2.55. The van der Waals surface area contributed by atoms with Gasteiger partial charge in [0.25, 0.3) is 5.91 Å². The van der Waals surface area contributed by atoms with Crippen LogP contribution in [-0.2, 0) is 12.6 Å². The van der Waals surface area contributed by atoms with Crippen LogP contribution in [0.25, 0.3) is 5.69 Å². The molecule has 2 aromatic rings. The fourth-order valence-electron chi connectivity index (χ4n) is 3.58. The van der Waals surface area contributed by atoms with Gasteiger partial charge >= 0.3 is 6.18 Å². The molecule has 0 fully saturated rings. The standard InChI is InChI=1S/C19H21F3N4O3/c1-18(2)8-13-15(14(28)9-18)16(19(20,21)22)25-26(13)10-3-4-11(17(23)29)12(7-10)24-5-6-27/h3-4,7,24,27H,5-6,8-9H2,1-2H3,(H2,23,29). The highest BCUT2D eigenvalue weighted by atomic mass is 19.4. The SMILES string of the molecule is CC1(C)CC(=O)c2c(C(F)(F)F)nn(-c3ccc(C(N)=O)c(NCCO)c3)c2C1. The Bertz CT molecular complexity index is 980. The lowest BCUT2D eigenvalue weighted by Crippen LogP contribution is -2.29. The van der Waals surface area contributed by atoms with E-state index < -0.39 is 34.5 Å². The van der Waals surface area contributed by atoms with Crippen LogP contribution in [0.1, 0.15) is 52.4 Å². The predicted molar refractivity (Wildman–Crippen MR) is 99.1 cm³/mol. The number of alkyl halides is 3. The number of primary amides is 1. The van der Waals surface area contributed by atoms with E-state index in [1.165, 1.54) is 18.2 Å². The van der Waals surface area contributed by atoms with E-state index in [1.54, 1.807) is 0 Å². The van der Waals surface area contributed by atoms with Crippen molar-refractivity contribution in [3.8, 4) is 5.69 Å². The number of benzene rings is 1. The lowest BCUT2D eigenvalue weighted by molar-refractivity contribution is -0.141. The maximum absolute atomic E-state index is 13.6. The second kappa shape index (κ2) is 7.18. The summed E-state index contributed by atoms with van der Waals surface area (Å²) in [7, 11) is 0. The minimum atomic E-state index is -4.78. The Labute approximate surface area is 164 Å². The number of carbonyl (C=O) groups excluding carboxylic acids is 2. The molecule has 0 radical (unpaired) electrons. The van der Waals surface area contributed by atoms with Crippen molar-refractivity contribution in [2.45, 2.75) is 32.9 Å². The molecule has 7 nitrogen and oxygen atoms in total. The maximum Gasteiger partial charge on any atom is 0.435 e. The van der Waals surface area contributed by atoms with Crippen molar-refractivity contribution in [3.63, 3.8) is 0 Å². The normalized spacial score (nSPS) is 15.9. The zero-order valence-corrected chi connectivity index (χ0v) is 15.9. The summed E-state index contributed by atoms with van der Waals surface area (Å²) in [6.45, 7) is 3.51. The van der Waals surface area contributed by atoms with Gasteiger partial charge in [0.05, 0.1) is 29.1 Å². The van der Waals surface area contributed by atoms with E-state index in [1.807, 2.05) is 13.8 Å². The Morgan fingerprint density at radius 3 is 2.62 bits per heavy atom. The Morgan fingerprint density at radius 1 is 1.34 bits per heavy atom. The van der Waals surface area contributed by atoms with Gasteiger partial charge in [0, 0.05) is 18.7 Å². The first-order valence-corrected chi connectivity index (χ1v) is 8.96. The first-order valence-electron chi connectivity index (χ1n) is 8.96. The molecule has 1 aromatic carbocycles. The molecule has 1 amide bonds. The van der Waals surface area contributed by atoms with Gasteiger partial charge in [0.15, 0.2) is 11.5 Å². The number of fused-ring (bicyclic) bond motifs is 1. The Kier molecular flexibility index (Phi) is 5.16. The number of carbonyl (C=O) groups is 2. The molecular formula is C19H21F3N4O3. The maximum atomic E-state index is 13.6. The number of aliphatic hydroxyl groups excluding tert-OH is 1. The minimum absolute atomic E-state index is 0.00130. The number of hydrogen-bond acceptors (Lipinski definition) is 5. The number of halogens is 3. The van der Waals surface area contributed by atoms with Crippen molar-refractivity contribution in [1.29, 1.82) is 0 Å². The highest BCUT2D eigenvalue weighted by Crippen LogP contribution is 2.42. The summed E-state index contributed by atoms with van der Waals surface area (Å²) >= 11 is 0. The fraction of sp³-hybridized carbons (Fsp3) is 0.421. The molecule has 4 N–H and O–H groups in total. The third-order valence-electron chi connectivity index (χ3n) is 4.75. The molecule has 0 saturated carbocycles. The van der Waals surface area contributed by atoms with Crippen molar-refractivity contribution in [2.24, 2.45) is 11.1 Å². The summed E-state index contributed by atoms with van der Waals surface area (Å²) in [6, 6.07) is 4.22. The smallest absolute Gasteiger partial charge is 0.395 e. The average molecular weight is 410 g/mol. The Hall–Kier alpha value is -2.88. The number of nitrogens with two attached hydrogens (primary N) is 1. The highest BCUT2D eigenvalue weighted by Gasteiger charge is 2.45. The molecule has 3 rings (SSSR count). The third-order valence-corrected chi connectivity index (χ3v) is 4.75. The molecule has 0 atom stereocenters. The molecule has 0 unspecified atom stereocenters. The number of nitrogens with zero attached hydrogens (tertiary/aromatic N) is 2. The largest absolute Gasteiger partial charge is 0.435 e. The summed E-state index contributed by atoms with van der Waals surface area (Å²) in [5.41, 5.74) is 4.01. The monoisotopic (exact) mass is 410 g/mol. The molecule has 1 aliphatic rings. The lowest BCUT2D eigenvalue weighted by atomic mass is 9.75. The summed E-state index contributed by atoms with van der Waals surface area (Å²) in [5, 5.41) is 15.6. The van der Waals surface area contributed by atoms with Crippen LogP contribution >= 0.6 is 0 Å². The number of aromatic nitrogens is 2. The van der Waals surface area contributed by atoms with Crippen LogP contribution in [0.5, 0.6) is 0 Å². The van der Waals surface area contributed by atoms with Crippen LogP contribution in [-0.4, -0.2) is 39.7 Å². The molecular weight excluding hydrogens is 389 g/mol. The number of nitrogens with one attached hydrogen (secondary N) is 1. The van der Waals surface area contributed by atoms with Crippen molar-refractivity contribution in [3.05, 3.63) is 40.7 Å². The topological polar surface area (TPSA) is 110 Å². The molecule has 0 aliphatic heterocycles. The van der Waals surface area contributed by atoms with Crippen LogP contribution in [0.3, 0.4) is 0 Å². The molecule has 0 bridgehead atoms. The zero-order chi connectivity index (χ0) is 21.6. The van der Waals surface area contributed by atoms with E-state index in [4.69, 9.17) is 10.8 Å². The first-order chi connectivity index (χ1) is 13.4. The first kappa shape index (κ1) is 20.8. The van der Waals surface area contributed by atoms with Crippen molar-refractivity contribution >= 4 is 17.4 Å². The van der Waals surface area contributed by atoms with E-state index in [9.17, 15) is 22.8 Å². The minimum Gasteiger partial charge on any atom is -0.395 e. The van der Waals surface area contributed by atoms with Gasteiger partial charge in [0.2, 0.25) is 0 Å². The fourth-order valence-corrected chi connectivity index (χ4v) is 3.58. The average Bonchev–Trinajstić information content (AvgIpc) is 2.98. The van der Waals surface area contributed by atoms with E-state index in [0.717, 1.165) is 4.68 Å². The molecule has 1 heterocycles. The summed E-state index contributed by atoms with van der Waals surface area (Å²) in [5.74, 6) is -1.33. The van der Waals surface area contributed by atoms with Crippen molar-refractivity contribution in [1.82, 2.24) is 9.78 Å². The molecule has 10 heteroatoms. The van der Waals surface area contributed by atoms with Gasteiger partial charge in [0.1, 0.15) is 0 Å². The second-order valence-electron chi connectivity index (χ2n) is 7.77. The third kappa shape index (κ3) is 3.98. The van der Waals surface area contributed by atoms with Crippen LogP contribution in [0.4, 0.5) is 18.9 Å². The summed E-state index contributed by atoms with van der Waals surface area (Å²) in [4.78, 5) is 24.1. The molecule has 0 saturated heterocycles. The number of rotatable bonds is 5. The highest BCUT2D eigenvalue weighted by molar-refractivity contribution is 6.00. The Morgan fingerprint density at radius 2 is 2.03 bits per heavy atom. The number of aliphatic hydroxyl groups is 1. The van der Waals surface area contributed by atoms with Gasteiger partial charge in [-0.3, -0.25) is 9.59 Å². The second-order valence-corrected chi connectivity index (χ2v) is 7.77. The van der Waals surface area contributed by atoms with Crippen LogP contribution < -0.4 is 11.1 Å². The van der Waals surface area contributed by atoms with Crippen LogP contribution in [0.2, 0.25) is 0 Å². The number of ketones is 1. The molecule has 1 aliphatic carbocycles. The number of amides is 1. The molecule has 29 heavy (non-hydrogen) atoms. The van der Waals surface area contributed by atoms with Gasteiger partial charge in [-0.25, -0.2) is 4.68 Å². The van der Waals surface area contributed by atoms with Gasteiger partial charge < -0.3 is 16.2 Å². The number of Topliss-reactive ketones (excluding diaryl/α,β-unsaturated/α-hetero) is 1. The van der Waals surface area contributed by atoms with Gasteiger partial charge in [-0.1, -0.05) is 13.8 Å². The molecule has 0 spiro atoms. The van der Waals surface area contributed by atoms with E-state index in [2.05, 4.69) is 10.4 Å². The van der Waals surface area contributed by atoms with Crippen LogP contribution in [0.15, 0.2) is 18.2 Å². The quantitative estimate of drug-likeness (QED) is 0.702. The van der Waals surface area contributed by atoms with Crippen LogP contribution in [0, 0.1) is 5.41 Å². The molecule has 156 valence electrons. The van der Waals surface area contributed by atoms with E-state index in [-0.39, 0.29) is 48.6 Å². The van der Waals surface area contributed by atoms with E-state index in [0.29, 0.717) is 0 Å². The van der Waals surface area contributed by atoms with Crippen molar-refractivity contribution in [2.75, 3.05) is 18.5 Å². The summed E-state index contributed by atoms with van der Waals surface area (Å²) < 4.78 is 41.8. The van der Waals surface area contributed by atoms with Crippen molar-refractivity contribution < 1.29 is 27.9 Å². The van der Waals surface area contributed by atoms with Gasteiger partial charge in [-0.05, 0) is 30.0 Å². The lowest BCUT2D eigenvalue weighted by Gasteiger charge is -2.29. The number of hydrogen-bond donors (Lipinski definition) is 3. The number of anilines is 1. The Balaban J connectivity index is 2.21. The summed E-state index contributed by atoms with van der Waals surface area (Å²) in [6.07, 6.45) is -4.55.